The summed E-state index contributed by atoms with van der Waals surface area (Å²) in [4.78, 5) is 0. The fourth-order valence-corrected chi connectivity index (χ4v) is 3.91. The number of unbranched alkanes of at least 4 members (excludes halogenated alkanes) is 9. The highest BCUT2D eigenvalue weighted by Gasteiger charge is 2.20. The summed E-state index contributed by atoms with van der Waals surface area (Å²) >= 11 is 0. The van der Waals surface area contributed by atoms with Gasteiger partial charge in [-0.15, -0.1) is 0 Å². The van der Waals surface area contributed by atoms with E-state index >= 15 is 0 Å². The molecular weight excluding hydrogens is 348 g/mol. The first-order valence-corrected chi connectivity index (χ1v) is 11.6. The monoisotopic (exact) mass is 384 g/mol. The Bertz CT molecular complexity index is 542. The number of hydrogen-bond donors (Lipinski definition) is 0. The molecule has 0 aliphatic carbocycles. The van der Waals surface area contributed by atoms with Crippen LogP contribution in [0.3, 0.4) is 0 Å². The van der Waals surface area contributed by atoms with E-state index in [-0.39, 0.29) is 11.9 Å². The van der Waals surface area contributed by atoms with Gasteiger partial charge in [-0.2, -0.15) is 8.42 Å². The SMILES string of the molecule is CCCCCCCCCCCCC(CC)OS(=O)(=O)Oc1ccccc1. The summed E-state index contributed by atoms with van der Waals surface area (Å²) in [7, 11) is -4.01. The molecule has 0 spiro atoms. The number of benzene rings is 1. The smallest absolute Gasteiger partial charge is 0.362 e. The second-order valence-corrected chi connectivity index (χ2v) is 8.08. The van der Waals surface area contributed by atoms with Gasteiger partial charge in [0.25, 0.3) is 0 Å². The molecule has 0 saturated carbocycles. The Kier molecular flexibility index (Phi) is 12.4. The zero-order valence-corrected chi connectivity index (χ0v) is 17.3. The maximum atomic E-state index is 12.0. The average Bonchev–Trinajstić information content (AvgIpc) is 2.62. The maximum Gasteiger partial charge on any atom is 0.449 e. The summed E-state index contributed by atoms with van der Waals surface area (Å²) < 4.78 is 34.2. The van der Waals surface area contributed by atoms with Crippen LogP contribution in [-0.2, 0) is 14.6 Å². The normalized spacial score (nSPS) is 12.8. The van der Waals surface area contributed by atoms with Gasteiger partial charge in [0.15, 0.2) is 0 Å². The van der Waals surface area contributed by atoms with E-state index in [4.69, 9.17) is 8.37 Å². The van der Waals surface area contributed by atoms with Gasteiger partial charge < -0.3 is 4.18 Å². The van der Waals surface area contributed by atoms with Gasteiger partial charge in [0.2, 0.25) is 0 Å². The minimum Gasteiger partial charge on any atom is -0.362 e. The Morgan fingerprint density at radius 1 is 0.808 bits per heavy atom. The lowest BCUT2D eigenvalue weighted by molar-refractivity contribution is 0.168. The van der Waals surface area contributed by atoms with E-state index in [0.29, 0.717) is 6.42 Å². The zero-order chi connectivity index (χ0) is 19.1. The summed E-state index contributed by atoms with van der Waals surface area (Å²) in [6, 6.07) is 8.46. The first-order chi connectivity index (χ1) is 12.6. The van der Waals surface area contributed by atoms with Crippen molar-refractivity contribution in [3.8, 4) is 5.75 Å². The Labute approximate surface area is 160 Å². The molecule has 1 atom stereocenters. The van der Waals surface area contributed by atoms with Crippen molar-refractivity contribution in [3.05, 3.63) is 30.3 Å². The Morgan fingerprint density at radius 2 is 1.35 bits per heavy atom. The van der Waals surface area contributed by atoms with Gasteiger partial charge in [0.1, 0.15) is 5.75 Å². The molecule has 0 aliphatic rings. The molecule has 0 bridgehead atoms. The molecule has 4 nitrogen and oxygen atoms in total. The molecule has 1 unspecified atom stereocenters. The first-order valence-electron chi connectivity index (χ1n) is 10.2. The lowest BCUT2D eigenvalue weighted by atomic mass is 10.0. The molecule has 150 valence electrons. The number of hydrogen-bond acceptors (Lipinski definition) is 4. The molecular formula is C21H36O4S. The van der Waals surface area contributed by atoms with E-state index in [2.05, 4.69) is 6.92 Å². The fourth-order valence-electron chi connectivity index (χ4n) is 2.96. The van der Waals surface area contributed by atoms with Crippen molar-refractivity contribution >= 4 is 10.4 Å². The summed E-state index contributed by atoms with van der Waals surface area (Å²) in [5.74, 6) is 0.279. The largest absolute Gasteiger partial charge is 0.449 e. The van der Waals surface area contributed by atoms with Gasteiger partial charge >= 0.3 is 10.4 Å². The second-order valence-electron chi connectivity index (χ2n) is 6.90. The predicted octanol–water partition coefficient (Wildman–Crippen LogP) is 6.42. The van der Waals surface area contributed by atoms with Crippen LogP contribution in [0.15, 0.2) is 30.3 Å². The van der Waals surface area contributed by atoms with Crippen molar-refractivity contribution in [2.45, 2.75) is 97.0 Å². The van der Waals surface area contributed by atoms with E-state index in [1.54, 1.807) is 30.3 Å². The van der Waals surface area contributed by atoms with Crippen molar-refractivity contribution in [1.29, 1.82) is 0 Å². The summed E-state index contributed by atoms with van der Waals surface area (Å²) in [5.41, 5.74) is 0. The van der Waals surface area contributed by atoms with Crippen LogP contribution in [0.1, 0.15) is 90.9 Å². The van der Waals surface area contributed by atoms with Gasteiger partial charge in [0.05, 0.1) is 6.10 Å². The van der Waals surface area contributed by atoms with Crippen LogP contribution < -0.4 is 4.18 Å². The third-order valence-electron chi connectivity index (χ3n) is 4.53. The maximum absolute atomic E-state index is 12.0. The highest BCUT2D eigenvalue weighted by Crippen LogP contribution is 2.18. The molecule has 0 amide bonds. The Hall–Kier alpha value is -1.07. The van der Waals surface area contributed by atoms with Crippen molar-refractivity contribution in [2.75, 3.05) is 0 Å². The minimum atomic E-state index is -4.01. The molecule has 0 aromatic heterocycles. The molecule has 1 rings (SSSR count). The van der Waals surface area contributed by atoms with Crippen molar-refractivity contribution in [1.82, 2.24) is 0 Å². The van der Waals surface area contributed by atoms with E-state index in [0.717, 1.165) is 19.3 Å². The van der Waals surface area contributed by atoms with Gasteiger partial charge in [-0.3, -0.25) is 0 Å². The van der Waals surface area contributed by atoms with Crippen LogP contribution >= 0.6 is 0 Å². The number of rotatable bonds is 16. The Morgan fingerprint density at radius 3 is 1.88 bits per heavy atom. The molecule has 5 heteroatoms. The van der Waals surface area contributed by atoms with Crippen LogP contribution in [0.25, 0.3) is 0 Å². The number of para-hydroxylation sites is 1. The van der Waals surface area contributed by atoms with Crippen LogP contribution in [0.5, 0.6) is 5.75 Å². The highest BCUT2D eigenvalue weighted by molar-refractivity contribution is 7.82. The van der Waals surface area contributed by atoms with Crippen LogP contribution in [0.4, 0.5) is 0 Å². The average molecular weight is 385 g/mol. The molecule has 26 heavy (non-hydrogen) atoms. The third-order valence-corrected chi connectivity index (χ3v) is 5.43. The lowest BCUT2D eigenvalue weighted by Crippen LogP contribution is -2.21. The van der Waals surface area contributed by atoms with E-state index in [9.17, 15) is 8.42 Å². The van der Waals surface area contributed by atoms with Crippen molar-refractivity contribution in [3.63, 3.8) is 0 Å². The molecule has 0 radical (unpaired) electrons. The highest BCUT2D eigenvalue weighted by atomic mass is 32.3. The first kappa shape index (κ1) is 23.0. The second kappa shape index (κ2) is 14.0. The van der Waals surface area contributed by atoms with Gasteiger partial charge in [-0.05, 0) is 25.0 Å². The van der Waals surface area contributed by atoms with E-state index < -0.39 is 10.4 Å². The third kappa shape index (κ3) is 11.5. The fraction of sp³-hybridized carbons (Fsp3) is 0.714. The van der Waals surface area contributed by atoms with Crippen molar-refractivity contribution < 1.29 is 16.8 Å². The quantitative estimate of drug-likeness (QED) is 0.309. The molecule has 0 aliphatic heterocycles. The Balaban J connectivity index is 2.14. The van der Waals surface area contributed by atoms with Crippen molar-refractivity contribution in [2.24, 2.45) is 0 Å². The van der Waals surface area contributed by atoms with Gasteiger partial charge in [0, 0.05) is 0 Å². The molecule has 0 saturated heterocycles. The van der Waals surface area contributed by atoms with Crippen LogP contribution in [-0.4, -0.2) is 14.5 Å². The summed E-state index contributed by atoms with van der Waals surface area (Å²) in [6.07, 6.45) is 13.8. The molecule has 1 aromatic carbocycles. The summed E-state index contributed by atoms with van der Waals surface area (Å²) in [6.45, 7) is 4.19. The predicted molar refractivity (Wildman–Crippen MR) is 108 cm³/mol. The molecule has 1 aromatic rings. The summed E-state index contributed by atoms with van der Waals surface area (Å²) in [5, 5.41) is 0. The standard InChI is InChI=1S/C21H36O4S/c1-3-5-6-7-8-9-10-11-12-14-17-20(4-2)24-26(22,23)25-21-18-15-13-16-19-21/h13,15-16,18-20H,3-12,14,17H2,1-2H3. The molecule has 0 heterocycles. The topological polar surface area (TPSA) is 52.6 Å². The van der Waals surface area contributed by atoms with Crippen LogP contribution in [0.2, 0.25) is 0 Å². The van der Waals surface area contributed by atoms with E-state index in [1.807, 2.05) is 6.92 Å². The molecule has 0 fully saturated rings. The minimum absolute atomic E-state index is 0.279. The zero-order valence-electron chi connectivity index (χ0n) is 16.5. The molecule has 0 N–H and O–H groups in total. The van der Waals surface area contributed by atoms with Gasteiger partial charge in [-0.25, -0.2) is 4.18 Å². The lowest BCUT2D eigenvalue weighted by Gasteiger charge is -2.15. The van der Waals surface area contributed by atoms with Crippen LogP contribution in [0, 0.1) is 0 Å². The van der Waals surface area contributed by atoms with E-state index in [1.165, 1.54) is 51.4 Å². The van der Waals surface area contributed by atoms with Gasteiger partial charge in [-0.1, -0.05) is 96.3 Å².